The molecule has 0 saturated heterocycles. The maximum atomic E-state index is 12.5. The lowest BCUT2D eigenvalue weighted by molar-refractivity contribution is -0.113. The Kier molecular flexibility index (Phi) is 7.66. The molecule has 2 heterocycles. The maximum Gasteiger partial charge on any atom is 0.341 e. The summed E-state index contributed by atoms with van der Waals surface area (Å²) in [7, 11) is 0. The molecule has 0 radical (unpaired) electrons. The van der Waals surface area contributed by atoms with Crippen LogP contribution in [0.15, 0.2) is 5.16 Å². The van der Waals surface area contributed by atoms with Crippen LogP contribution in [0.5, 0.6) is 0 Å². The lowest BCUT2D eigenvalue weighted by Gasteiger charge is -2.11. The number of nitrogen functional groups attached to an aromatic ring is 1. The highest BCUT2D eigenvalue weighted by Gasteiger charge is 2.25. The number of esters is 1. The molecule has 0 spiro atoms. The van der Waals surface area contributed by atoms with Gasteiger partial charge in [0.2, 0.25) is 17.0 Å². The molecule has 0 saturated carbocycles. The van der Waals surface area contributed by atoms with E-state index >= 15 is 0 Å². The molecule has 10 heteroatoms. The molecular weight excluding hydrogens is 386 g/mol. The van der Waals surface area contributed by atoms with Gasteiger partial charge in [-0.15, -0.1) is 16.4 Å². The van der Waals surface area contributed by atoms with Crippen molar-refractivity contribution in [3.8, 4) is 0 Å². The van der Waals surface area contributed by atoms with Crippen molar-refractivity contribution in [1.29, 1.82) is 0 Å². The van der Waals surface area contributed by atoms with Crippen LogP contribution < -0.4 is 11.1 Å². The normalized spacial score (nSPS) is 12.0. The number of amides is 1. The second kappa shape index (κ2) is 9.75. The Bertz CT molecular complexity index is 803. The second-order valence-corrected chi connectivity index (χ2v) is 8.29. The Morgan fingerprint density at radius 3 is 2.74 bits per heavy atom. The summed E-state index contributed by atoms with van der Waals surface area (Å²) in [4.78, 5) is 29.8. The summed E-state index contributed by atoms with van der Waals surface area (Å²) in [6, 6.07) is 0. The van der Waals surface area contributed by atoms with Gasteiger partial charge >= 0.3 is 5.97 Å². The number of thioether (sulfide) groups is 1. The number of thiophene rings is 1. The Morgan fingerprint density at radius 2 is 2.15 bits per heavy atom. The third kappa shape index (κ3) is 5.70. The van der Waals surface area contributed by atoms with Crippen molar-refractivity contribution in [2.45, 2.75) is 45.7 Å². The van der Waals surface area contributed by atoms with Crippen LogP contribution >= 0.6 is 23.1 Å². The Morgan fingerprint density at radius 1 is 1.41 bits per heavy atom. The molecule has 2 rings (SSSR count). The molecule has 4 N–H and O–H groups in total. The van der Waals surface area contributed by atoms with Crippen LogP contribution in [0.4, 0.5) is 10.9 Å². The van der Waals surface area contributed by atoms with Crippen LogP contribution in [-0.4, -0.2) is 39.4 Å². The lowest BCUT2D eigenvalue weighted by atomic mass is 9.96. The number of anilines is 2. The Balaban J connectivity index is 2.17. The van der Waals surface area contributed by atoms with Gasteiger partial charge in [0.1, 0.15) is 5.00 Å². The largest absolute Gasteiger partial charge is 0.462 e. The molecule has 0 bridgehead atoms. The number of nitrogens with one attached hydrogen (secondary N) is 2. The number of carbonyl (C=O) groups excluding carboxylic acids is 2. The minimum atomic E-state index is -0.398. The molecule has 148 valence electrons. The summed E-state index contributed by atoms with van der Waals surface area (Å²) in [6.07, 6.45) is 1.78. The fourth-order valence-electron chi connectivity index (χ4n) is 2.44. The number of carbonyl (C=O) groups is 2. The summed E-state index contributed by atoms with van der Waals surface area (Å²) in [5.74, 6) is 0.0972. The van der Waals surface area contributed by atoms with E-state index in [2.05, 4.69) is 34.3 Å². The van der Waals surface area contributed by atoms with Gasteiger partial charge in [0.05, 0.1) is 17.9 Å². The number of nitrogens with zero attached hydrogens (tertiary/aromatic N) is 2. The highest BCUT2D eigenvalue weighted by molar-refractivity contribution is 7.99. The van der Waals surface area contributed by atoms with E-state index in [0.29, 0.717) is 21.6 Å². The van der Waals surface area contributed by atoms with Crippen molar-refractivity contribution in [2.24, 2.45) is 5.92 Å². The highest BCUT2D eigenvalue weighted by Crippen LogP contribution is 2.35. The first kappa shape index (κ1) is 21.2. The van der Waals surface area contributed by atoms with Crippen molar-refractivity contribution < 1.29 is 14.3 Å². The molecule has 0 aliphatic heterocycles. The first-order chi connectivity index (χ1) is 12.8. The first-order valence-electron chi connectivity index (χ1n) is 8.75. The molecule has 0 aromatic carbocycles. The molecule has 1 amide bonds. The van der Waals surface area contributed by atoms with Crippen molar-refractivity contribution in [3.05, 3.63) is 16.0 Å². The first-order valence-corrected chi connectivity index (χ1v) is 10.6. The van der Waals surface area contributed by atoms with E-state index in [0.717, 1.165) is 35.0 Å². The Labute approximate surface area is 166 Å². The number of aromatic nitrogens is 3. The average molecular weight is 412 g/mol. The lowest BCUT2D eigenvalue weighted by Crippen LogP contribution is -2.17. The van der Waals surface area contributed by atoms with Gasteiger partial charge in [-0.1, -0.05) is 32.0 Å². The maximum absolute atomic E-state index is 12.5. The van der Waals surface area contributed by atoms with E-state index in [9.17, 15) is 9.59 Å². The number of rotatable bonds is 9. The second-order valence-electron chi connectivity index (χ2n) is 6.12. The number of hydrogen-bond acceptors (Lipinski definition) is 8. The summed E-state index contributed by atoms with van der Waals surface area (Å²) < 4.78 is 5.22. The SMILES string of the molecule is CCOC(=O)c1c(NC(=O)CSc2n[nH]c(N)n2)sc(C)c1C[C@@H](C)CC. The zero-order chi connectivity index (χ0) is 20.0. The van der Waals surface area contributed by atoms with E-state index in [1.807, 2.05) is 6.92 Å². The van der Waals surface area contributed by atoms with Gasteiger partial charge in [-0.05, 0) is 31.7 Å². The number of aryl methyl sites for hydroxylation is 1. The average Bonchev–Trinajstić information content (AvgIpc) is 3.16. The van der Waals surface area contributed by atoms with E-state index in [1.54, 1.807) is 6.92 Å². The topological polar surface area (TPSA) is 123 Å². The third-order valence-corrected chi connectivity index (χ3v) is 5.92. The minimum absolute atomic E-state index is 0.108. The zero-order valence-electron chi connectivity index (χ0n) is 15.9. The van der Waals surface area contributed by atoms with Gasteiger partial charge in [0.15, 0.2) is 0 Å². The molecule has 2 aromatic rings. The Hall–Kier alpha value is -2.07. The van der Waals surface area contributed by atoms with Crippen LogP contribution in [-0.2, 0) is 16.0 Å². The van der Waals surface area contributed by atoms with Crippen LogP contribution in [0.1, 0.15) is 48.0 Å². The number of aromatic amines is 1. The van der Waals surface area contributed by atoms with Gasteiger partial charge in [0, 0.05) is 4.88 Å². The fraction of sp³-hybridized carbons (Fsp3) is 0.529. The van der Waals surface area contributed by atoms with Gasteiger partial charge in [0.25, 0.3) is 0 Å². The van der Waals surface area contributed by atoms with Crippen molar-refractivity contribution >= 4 is 45.9 Å². The monoisotopic (exact) mass is 411 g/mol. The van der Waals surface area contributed by atoms with E-state index in [4.69, 9.17) is 10.5 Å². The predicted octanol–water partition coefficient (Wildman–Crippen LogP) is 3.25. The fourth-order valence-corrected chi connectivity index (χ4v) is 4.13. The van der Waals surface area contributed by atoms with Crippen molar-refractivity contribution in [2.75, 3.05) is 23.4 Å². The van der Waals surface area contributed by atoms with Crippen LogP contribution in [0.3, 0.4) is 0 Å². The van der Waals surface area contributed by atoms with Gasteiger partial charge in [-0.2, -0.15) is 4.98 Å². The number of nitrogens with two attached hydrogens (primary N) is 1. The molecular formula is C17H25N5O3S2. The predicted molar refractivity (Wildman–Crippen MR) is 108 cm³/mol. The van der Waals surface area contributed by atoms with E-state index < -0.39 is 5.97 Å². The van der Waals surface area contributed by atoms with Crippen LogP contribution in [0.25, 0.3) is 0 Å². The molecule has 0 unspecified atom stereocenters. The number of H-pyrrole nitrogens is 1. The molecule has 1 atom stereocenters. The zero-order valence-corrected chi connectivity index (χ0v) is 17.6. The molecule has 0 aliphatic rings. The molecule has 8 nitrogen and oxygen atoms in total. The molecule has 0 aliphatic carbocycles. The number of ether oxygens (including phenoxy) is 1. The summed E-state index contributed by atoms with van der Waals surface area (Å²) in [5.41, 5.74) is 6.90. The smallest absolute Gasteiger partial charge is 0.341 e. The van der Waals surface area contributed by atoms with Gasteiger partial charge < -0.3 is 15.8 Å². The highest BCUT2D eigenvalue weighted by atomic mass is 32.2. The van der Waals surface area contributed by atoms with E-state index in [-0.39, 0.29) is 24.2 Å². The molecule has 2 aromatic heterocycles. The van der Waals surface area contributed by atoms with Crippen LogP contribution in [0, 0.1) is 12.8 Å². The third-order valence-electron chi connectivity index (χ3n) is 4.01. The van der Waals surface area contributed by atoms with Crippen molar-refractivity contribution in [1.82, 2.24) is 15.2 Å². The van der Waals surface area contributed by atoms with Crippen LogP contribution in [0.2, 0.25) is 0 Å². The standard InChI is InChI=1S/C17H25N5O3S2/c1-5-9(3)7-11-10(4)27-14(13(11)15(24)25-6-2)19-12(23)8-26-17-20-16(18)21-22-17/h9H,5-8H2,1-4H3,(H,19,23)(H3,18,20,21,22)/t9-/m0/s1. The van der Waals surface area contributed by atoms with Crippen molar-refractivity contribution in [3.63, 3.8) is 0 Å². The van der Waals surface area contributed by atoms with Gasteiger partial charge in [-0.3, -0.25) is 4.79 Å². The summed E-state index contributed by atoms with van der Waals surface area (Å²) in [5, 5.41) is 10.2. The molecule has 27 heavy (non-hydrogen) atoms. The molecule has 0 fully saturated rings. The van der Waals surface area contributed by atoms with Gasteiger partial charge in [-0.25, -0.2) is 9.89 Å². The quantitative estimate of drug-likeness (QED) is 0.427. The van der Waals surface area contributed by atoms with E-state index in [1.165, 1.54) is 11.3 Å². The summed E-state index contributed by atoms with van der Waals surface area (Å²) in [6.45, 7) is 8.27. The minimum Gasteiger partial charge on any atom is -0.462 e. The summed E-state index contributed by atoms with van der Waals surface area (Å²) >= 11 is 2.56. The number of hydrogen-bond donors (Lipinski definition) is 3.